The first-order valence-corrected chi connectivity index (χ1v) is 8.44. The quantitative estimate of drug-likeness (QED) is 0.499. The average Bonchev–Trinajstić information content (AvgIpc) is 3.32. The van der Waals surface area contributed by atoms with Crippen molar-refractivity contribution in [1.29, 1.82) is 0 Å². The first-order chi connectivity index (χ1) is 12.6. The molecule has 0 aliphatic heterocycles. The van der Waals surface area contributed by atoms with Crippen molar-refractivity contribution in [1.82, 2.24) is 4.98 Å². The number of hydrogen-bond acceptors (Lipinski definition) is 3. The third-order valence-corrected chi connectivity index (χ3v) is 4.67. The second kappa shape index (κ2) is 6.23. The predicted molar refractivity (Wildman–Crippen MR) is 102 cm³/mol. The summed E-state index contributed by atoms with van der Waals surface area (Å²) >= 11 is 0. The molecular weight excluding hydrogens is 326 g/mol. The van der Waals surface area contributed by atoms with Crippen LogP contribution in [0.25, 0.3) is 33.7 Å². The van der Waals surface area contributed by atoms with Gasteiger partial charge in [-0.2, -0.15) is 0 Å². The molecule has 0 saturated heterocycles. The summed E-state index contributed by atoms with van der Waals surface area (Å²) in [6.45, 7) is 4.14. The molecule has 0 aliphatic carbocycles. The van der Waals surface area contributed by atoms with Crippen molar-refractivity contribution >= 4 is 16.9 Å². The van der Waals surface area contributed by atoms with Crippen LogP contribution in [0.4, 0.5) is 0 Å². The van der Waals surface area contributed by atoms with Gasteiger partial charge in [0.15, 0.2) is 5.76 Å². The highest BCUT2D eigenvalue weighted by Crippen LogP contribution is 2.32. The third-order valence-electron chi connectivity index (χ3n) is 4.67. The molecule has 0 fully saturated rings. The van der Waals surface area contributed by atoms with Crippen LogP contribution in [-0.4, -0.2) is 18.1 Å². The summed E-state index contributed by atoms with van der Waals surface area (Å²) in [7, 11) is 1.38. The Morgan fingerprint density at radius 2 is 1.62 bits per heavy atom. The van der Waals surface area contributed by atoms with Gasteiger partial charge in [-0.25, -0.2) is 4.79 Å². The fraction of sp³-hybridized carbons (Fsp3) is 0.136. The summed E-state index contributed by atoms with van der Waals surface area (Å²) < 4.78 is 10.8. The van der Waals surface area contributed by atoms with E-state index in [2.05, 4.69) is 37.0 Å². The lowest BCUT2D eigenvalue weighted by molar-refractivity contribution is 0.0601. The number of fused-ring (bicyclic) bond motifs is 1. The number of aromatic nitrogens is 1. The maximum Gasteiger partial charge on any atom is 0.337 e. The first kappa shape index (κ1) is 16.2. The Morgan fingerprint density at radius 3 is 2.31 bits per heavy atom. The fourth-order valence-electron chi connectivity index (χ4n) is 3.14. The number of methoxy groups -OCH3 is 1. The van der Waals surface area contributed by atoms with Gasteiger partial charge >= 0.3 is 5.97 Å². The van der Waals surface area contributed by atoms with Crippen molar-refractivity contribution in [2.24, 2.45) is 0 Å². The van der Waals surface area contributed by atoms with Gasteiger partial charge in [-0.3, -0.25) is 0 Å². The fourth-order valence-corrected chi connectivity index (χ4v) is 3.14. The third kappa shape index (κ3) is 2.69. The Kier molecular flexibility index (Phi) is 3.88. The Balaban J connectivity index is 1.69. The summed E-state index contributed by atoms with van der Waals surface area (Å²) in [5, 5.41) is 1.14. The monoisotopic (exact) mass is 345 g/mol. The van der Waals surface area contributed by atoms with Gasteiger partial charge in [-0.15, -0.1) is 0 Å². The van der Waals surface area contributed by atoms with E-state index < -0.39 is 0 Å². The van der Waals surface area contributed by atoms with E-state index in [4.69, 9.17) is 9.15 Å². The van der Waals surface area contributed by atoms with E-state index in [1.54, 1.807) is 12.1 Å². The summed E-state index contributed by atoms with van der Waals surface area (Å²) in [6.07, 6.45) is 0. The molecule has 26 heavy (non-hydrogen) atoms. The molecule has 4 aromatic rings. The molecule has 0 spiro atoms. The van der Waals surface area contributed by atoms with E-state index in [-0.39, 0.29) is 5.97 Å². The van der Waals surface area contributed by atoms with Crippen LogP contribution >= 0.6 is 0 Å². The molecule has 4 rings (SSSR count). The molecule has 4 heteroatoms. The number of esters is 1. The van der Waals surface area contributed by atoms with Crippen LogP contribution in [0.3, 0.4) is 0 Å². The number of furan rings is 1. The zero-order valence-corrected chi connectivity index (χ0v) is 14.9. The number of benzene rings is 2. The largest absolute Gasteiger partial charge is 0.465 e. The lowest BCUT2D eigenvalue weighted by Gasteiger charge is -2.01. The molecular formula is C22H19NO3. The standard InChI is InChI=1S/C22H19NO3/c1-13-4-5-14(2)21-17(13)12-20(26-21)19-11-10-18(23-19)15-6-8-16(9-7-15)22(24)25-3/h4-12,23H,1-3H3. The van der Waals surface area contributed by atoms with Gasteiger partial charge in [0.2, 0.25) is 0 Å². The Hall–Kier alpha value is -3.27. The Bertz CT molecular complexity index is 1060. The SMILES string of the molecule is COC(=O)c1ccc(-c2ccc(-c3cc4c(C)ccc(C)c4o3)[nH]2)cc1. The van der Waals surface area contributed by atoms with Crippen LogP contribution in [0.2, 0.25) is 0 Å². The first-order valence-electron chi connectivity index (χ1n) is 8.44. The molecule has 4 nitrogen and oxygen atoms in total. The second-order valence-electron chi connectivity index (χ2n) is 6.41. The summed E-state index contributed by atoms with van der Waals surface area (Å²) in [6, 6.07) is 17.6. The minimum absolute atomic E-state index is 0.336. The minimum atomic E-state index is -0.336. The normalized spacial score (nSPS) is 11.0. The van der Waals surface area contributed by atoms with Crippen LogP contribution in [0.5, 0.6) is 0 Å². The summed E-state index contributed by atoms with van der Waals surface area (Å²) in [5.74, 6) is 0.478. The van der Waals surface area contributed by atoms with Crippen LogP contribution in [0.15, 0.2) is 59.0 Å². The summed E-state index contributed by atoms with van der Waals surface area (Å²) in [5.41, 5.74) is 6.67. The van der Waals surface area contributed by atoms with Crippen LogP contribution in [0.1, 0.15) is 21.5 Å². The smallest absolute Gasteiger partial charge is 0.337 e. The highest BCUT2D eigenvalue weighted by atomic mass is 16.5. The van der Waals surface area contributed by atoms with Crippen LogP contribution < -0.4 is 0 Å². The Labute approximate surface area is 151 Å². The van der Waals surface area contributed by atoms with Crippen LogP contribution in [-0.2, 0) is 4.74 Å². The number of rotatable bonds is 3. The van der Waals surface area contributed by atoms with E-state index >= 15 is 0 Å². The van der Waals surface area contributed by atoms with Crippen molar-refractivity contribution in [3.05, 3.63) is 71.3 Å². The lowest BCUT2D eigenvalue weighted by Crippen LogP contribution is -2.00. The maximum atomic E-state index is 11.5. The number of aromatic amines is 1. The molecule has 130 valence electrons. The number of carbonyl (C=O) groups is 1. The van der Waals surface area contributed by atoms with E-state index in [1.807, 2.05) is 24.3 Å². The van der Waals surface area contributed by atoms with Gasteiger partial charge in [-0.1, -0.05) is 24.3 Å². The number of H-pyrrole nitrogens is 1. The predicted octanol–water partition coefficient (Wildman–Crippen LogP) is 5.50. The zero-order chi connectivity index (χ0) is 18.3. The number of hydrogen-bond donors (Lipinski definition) is 1. The van der Waals surface area contributed by atoms with Crippen LogP contribution in [0, 0.1) is 13.8 Å². The lowest BCUT2D eigenvalue weighted by atomic mass is 10.1. The molecule has 2 heterocycles. The van der Waals surface area contributed by atoms with Crippen molar-refractivity contribution in [3.63, 3.8) is 0 Å². The molecule has 2 aromatic carbocycles. The number of nitrogens with one attached hydrogen (secondary N) is 1. The highest BCUT2D eigenvalue weighted by molar-refractivity contribution is 5.90. The topological polar surface area (TPSA) is 55.2 Å². The number of aryl methyl sites for hydroxylation is 2. The van der Waals surface area contributed by atoms with Gasteiger partial charge in [0.05, 0.1) is 18.4 Å². The van der Waals surface area contributed by atoms with Gasteiger partial charge < -0.3 is 14.1 Å². The molecule has 0 unspecified atom stereocenters. The molecule has 0 amide bonds. The van der Waals surface area contributed by atoms with Gasteiger partial charge in [0.1, 0.15) is 5.58 Å². The molecule has 1 N–H and O–H groups in total. The van der Waals surface area contributed by atoms with Crippen molar-refractivity contribution < 1.29 is 13.9 Å². The van der Waals surface area contributed by atoms with Gasteiger partial charge in [-0.05, 0) is 60.9 Å². The van der Waals surface area contributed by atoms with E-state index in [0.29, 0.717) is 5.56 Å². The molecule has 0 radical (unpaired) electrons. The van der Waals surface area contributed by atoms with E-state index in [9.17, 15) is 4.79 Å². The molecule has 0 aliphatic rings. The van der Waals surface area contributed by atoms with E-state index in [0.717, 1.165) is 39.2 Å². The average molecular weight is 345 g/mol. The summed E-state index contributed by atoms with van der Waals surface area (Å²) in [4.78, 5) is 14.9. The highest BCUT2D eigenvalue weighted by Gasteiger charge is 2.12. The maximum absolute atomic E-state index is 11.5. The minimum Gasteiger partial charge on any atom is -0.465 e. The van der Waals surface area contributed by atoms with Crippen molar-refractivity contribution in [2.75, 3.05) is 7.11 Å². The van der Waals surface area contributed by atoms with Crippen molar-refractivity contribution in [2.45, 2.75) is 13.8 Å². The van der Waals surface area contributed by atoms with Gasteiger partial charge in [0.25, 0.3) is 0 Å². The molecule has 0 saturated carbocycles. The van der Waals surface area contributed by atoms with Crippen molar-refractivity contribution in [3.8, 4) is 22.7 Å². The zero-order valence-electron chi connectivity index (χ0n) is 14.9. The van der Waals surface area contributed by atoms with E-state index in [1.165, 1.54) is 12.7 Å². The molecule has 0 atom stereocenters. The van der Waals surface area contributed by atoms with Gasteiger partial charge in [0, 0.05) is 11.1 Å². The molecule has 0 bridgehead atoms. The molecule has 2 aromatic heterocycles. The number of carbonyl (C=O) groups excluding carboxylic acids is 1. The number of ether oxygens (including phenoxy) is 1. The Morgan fingerprint density at radius 1 is 0.923 bits per heavy atom. The second-order valence-corrected chi connectivity index (χ2v) is 6.41.